The average molecular weight is 484 g/mol. The van der Waals surface area contributed by atoms with Crippen molar-refractivity contribution in [2.75, 3.05) is 23.9 Å². The summed E-state index contributed by atoms with van der Waals surface area (Å²) in [5.74, 6) is 0.168. The van der Waals surface area contributed by atoms with E-state index in [1.54, 1.807) is 31.4 Å². The zero-order valence-electron chi connectivity index (χ0n) is 16.1. The smallest absolute Gasteiger partial charge is 0.244 e. The van der Waals surface area contributed by atoms with Gasteiger partial charge >= 0.3 is 0 Å². The van der Waals surface area contributed by atoms with Crippen molar-refractivity contribution in [1.29, 1.82) is 0 Å². The Kier molecular flexibility index (Phi) is 5.96. The number of aliphatic imine (C=N–C) groups is 1. The first-order chi connectivity index (χ1) is 14.5. The van der Waals surface area contributed by atoms with Crippen LogP contribution in [0.1, 0.15) is 11.3 Å². The Morgan fingerprint density at radius 1 is 1.20 bits per heavy atom. The molecule has 8 heteroatoms. The number of halogens is 1. The maximum atomic E-state index is 13.1. The fourth-order valence-electron chi connectivity index (χ4n) is 3.17. The molecule has 152 valence electrons. The minimum Gasteiger partial charge on any atom is -0.497 e. The summed E-state index contributed by atoms with van der Waals surface area (Å²) in [4.78, 5) is 33.0. The molecule has 3 aromatic rings. The van der Waals surface area contributed by atoms with E-state index in [-0.39, 0.29) is 24.8 Å². The van der Waals surface area contributed by atoms with Crippen LogP contribution in [0.2, 0.25) is 0 Å². The molecule has 1 N–H and O–H groups in total. The van der Waals surface area contributed by atoms with Gasteiger partial charge in [0.05, 0.1) is 39.3 Å². The van der Waals surface area contributed by atoms with Crippen molar-refractivity contribution >= 4 is 61.9 Å². The van der Waals surface area contributed by atoms with Gasteiger partial charge in [0.2, 0.25) is 11.8 Å². The molecule has 2 heterocycles. The van der Waals surface area contributed by atoms with E-state index in [2.05, 4.69) is 21.2 Å². The Morgan fingerprint density at radius 3 is 2.80 bits per heavy atom. The highest BCUT2D eigenvalue weighted by molar-refractivity contribution is 9.11. The van der Waals surface area contributed by atoms with Crippen LogP contribution in [-0.4, -0.2) is 31.2 Å². The third-order valence-corrected chi connectivity index (χ3v) is 6.23. The molecule has 30 heavy (non-hydrogen) atoms. The monoisotopic (exact) mass is 483 g/mol. The summed E-state index contributed by atoms with van der Waals surface area (Å²) in [6.07, 6.45) is 0.119. The number of carbonyl (C=O) groups is 2. The number of fused-ring (bicyclic) bond motifs is 1. The number of ether oxygens (including phenoxy) is 1. The SMILES string of the molecule is COc1cccc(NC(=O)CN2C(=O)CC(c3ccc(Br)s3)=Nc3ccccc32)c1. The lowest BCUT2D eigenvalue weighted by Crippen LogP contribution is -2.38. The standard InChI is InChI=1S/C22H18BrN3O3S/c1-29-15-6-4-5-14(11-15)24-21(27)13-26-18-8-3-2-7-16(18)25-17(12-22(26)28)19-9-10-20(23)30-19/h2-11H,12-13H2,1H3,(H,24,27). The highest BCUT2D eigenvalue weighted by Crippen LogP contribution is 2.34. The van der Waals surface area contributed by atoms with Crippen LogP contribution < -0.4 is 15.0 Å². The van der Waals surface area contributed by atoms with Gasteiger partial charge in [-0.2, -0.15) is 0 Å². The largest absolute Gasteiger partial charge is 0.497 e. The molecule has 2 amide bonds. The number of anilines is 2. The fraction of sp³-hybridized carbons (Fsp3) is 0.136. The van der Waals surface area contributed by atoms with Crippen molar-refractivity contribution in [2.24, 2.45) is 4.99 Å². The fourth-order valence-corrected chi connectivity index (χ4v) is 4.55. The third kappa shape index (κ3) is 4.44. The van der Waals surface area contributed by atoms with Crippen molar-refractivity contribution in [1.82, 2.24) is 0 Å². The molecular weight excluding hydrogens is 466 g/mol. The topological polar surface area (TPSA) is 71.0 Å². The Bertz CT molecular complexity index is 1140. The molecule has 4 rings (SSSR count). The Hall–Kier alpha value is -2.97. The number of hydrogen-bond acceptors (Lipinski definition) is 5. The summed E-state index contributed by atoms with van der Waals surface area (Å²) >= 11 is 4.98. The summed E-state index contributed by atoms with van der Waals surface area (Å²) in [7, 11) is 1.57. The van der Waals surface area contributed by atoms with Crippen LogP contribution in [0.3, 0.4) is 0 Å². The summed E-state index contributed by atoms with van der Waals surface area (Å²) in [6, 6.07) is 18.3. The van der Waals surface area contributed by atoms with Crippen molar-refractivity contribution in [3.8, 4) is 5.75 Å². The molecule has 1 aliphatic heterocycles. The molecule has 0 atom stereocenters. The number of amides is 2. The van der Waals surface area contributed by atoms with Crippen LogP contribution in [0.5, 0.6) is 5.75 Å². The average Bonchev–Trinajstić information content (AvgIpc) is 3.12. The predicted molar refractivity (Wildman–Crippen MR) is 123 cm³/mol. The first-order valence-corrected chi connectivity index (χ1v) is 10.8. The van der Waals surface area contributed by atoms with E-state index in [4.69, 9.17) is 9.73 Å². The molecule has 1 aromatic heterocycles. The van der Waals surface area contributed by atoms with Gasteiger partial charge in [0.1, 0.15) is 12.3 Å². The van der Waals surface area contributed by atoms with E-state index in [0.717, 1.165) is 8.66 Å². The molecule has 0 saturated carbocycles. The zero-order chi connectivity index (χ0) is 21.1. The minimum atomic E-state index is -0.297. The molecule has 0 fully saturated rings. The molecule has 0 saturated heterocycles. The van der Waals surface area contributed by atoms with Gasteiger partial charge in [-0.05, 0) is 52.3 Å². The second kappa shape index (κ2) is 8.81. The van der Waals surface area contributed by atoms with Crippen molar-refractivity contribution in [3.05, 3.63) is 69.3 Å². The quantitative estimate of drug-likeness (QED) is 0.553. The number of nitrogens with one attached hydrogen (secondary N) is 1. The number of rotatable bonds is 5. The molecule has 0 unspecified atom stereocenters. The van der Waals surface area contributed by atoms with E-state index < -0.39 is 0 Å². The first kappa shape index (κ1) is 20.3. The van der Waals surface area contributed by atoms with Crippen LogP contribution >= 0.6 is 27.3 Å². The minimum absolute atomic E-state index is 0.107. The van der Waals surface area contributed by atoms with Gasteiger partial charge < -0.3 is 15.0 Å². The van der Waals surface area contributed by atoms with Crippen molar-refractivity contribution in [3.63, 3.8) is 0 Å². The number of nitrogens with zero attached hydrogens (tertiary/aromatic N) is 2. The predicted octanol–water partition coefficient (Wildman–Crippen LogP) is 5.02. The maximum Gasteiger partial charge on any atom is 0.244 e. The summed E-state index contributed by atoms with van der Waals surface area (Å²) in [5.41, 5.74) is 2.58. The third-order valence-electron chi connectivity index (χ3n) is 4.56. The van der Waals surface area contributed by atoms with Crippen LogP contribution in [-0.2, 0) is 9.59 Å². The van der Waals surface area contributed by atoms with Gasteiger partial charge in [-0.3, -0.25) is 9.59 Å². The van der Waals surface area contributed by atoms with Crippen molar-refractivity contribution < 1.29 is 14.3 Å². The van der Waals surface area contributed by atoms with Gasteiger partial charge in [-0.25, -0.2) is 4.99 Å². The highest BCUT2D eigenvalue weighted by Gasteiger charge is 2.27. The van der Waals surface area contributed by atoms with E-state index in [0.29, 0.717) is 28.5 Å². The number of methoxy groups -OCH3 is 1. The Balaban J connectivity index is 1.59. The number of para-hydroxylation sites is 2. The van der Waals surface area contributed by atoms with Gasteiger partial charge in [0.15, 0.2) is 0 Å². The molecule has 2 aromatic carbocycles. The number of benzene rings is 2. The lowest BCUT2D eigenvalue weighted by atomic mass is 10.2. The van der Waals surface area contributed by atoms with Gasteiger partial charge in [-0.15, -0.1) is 11.3 Å². The van der Waals surface area contributed by atoms with Crippen LogP contribution in [0.15, 0.2) is 69.4 Å². The van der Waals surface area contributed by atoms with Gasteiger partial charge in [-0.1, -0.05) is 18.2 Å². The zero-order valence-corrected chi connectivity index (χ0v) is 18.5. The van der Waals surface area contributed by atoms with E-state index in [1.807, 2.05) is 36.4 Å². The van der Waals surface area contributed by atoms with Gasteiger partial charge in [0, 0.05) is 11.8 Å². The van der Waals surface area contributed by atoms with Crippen molar-refractivity contribution in [2.45, 2.75) is 6.42 Å². The molecule has 1 aliphatic rings. The molecule has 0 radical (unpaired) electrons. The van der Waals surface area contributed by atoms with E-state index in [9.17, 15) is 9.59 Å². The lowest BCUT2D eigenvalue weighted by molar-refractivity contribution is -0.120. The highest BCUT2D eigenvalue weighted by atomic mass is 79.9. The molecule has 0 aliphatic carbocycles. The second-order valence-corrected chi connectivity index (χ2v) is 9.05. The second-order valence-electron chi connectivity index (χ2n) is 6.59. The molecule has 6 nitrogen and oxygen atoms in total. The van der Waals surface area contributed by atoms with Crippen LogP contribution in [0.25, 0.3) is 0 Å². The van der Waals surface area contributed by atoms with Crippen LogP contribution in [0.4, 0.5) is 17.1 Å². The van der Waals surface area contributed by atoms with E-state index >= 15 is 0 Å². The summed E-state index contributed by atoms with van der Waals surface area (Å²) in [6.45, 7) is -0.107. The number of carbonyl (C=O) groups excluding carboxylic acids is 2. The first-order valence-electron chi connectivity index (χ1n) is 9.20. The lowest BCUT2D eigenvalue weighted by Gasteiger charge is -2.22. The Labute approximate surface area is 186 Å². The number of thiophene rings is 1. The van der Waals surface area contributed by atoms with Crippen LogP contribution in [0, 0.1) is 0 Å². The molecule has 0 spiro atoms. The number of hydrogen-bond donors (Lipinski definition) is 1. The van der Waals surface area contributed by atoms with Gasteiger partial charge in [0.25, 0.3) is 0 Å². The van der Waals surface area contributed by atoms with E-state index in [1.165, 1.54) is 16.2 Å². The molecular formula is C22H18BrN3O3S. The summed E-state index contributed by atoms with van der Waals surface area (Å²) in [5, 5.41) is 2.83. The normalized spacial score (nSPS) is 13.3. The Morgan fingerprint density at radius 2 is 2.03 bits per heavy atom. The molecule has 0 bridgehead atoms. The summed E-state index contributed by atoms with van der Waals surface area (Å²) < 4.78 is 6.16. The maximum absolute atomic E-state index is 13.1.